The zero-order chi connectivity index (χ0) is 14.8. The lowest BCUT2D eigenvalue weighted by molar-refractivity contribution is -0.117. The van der Waals surface area contributed by atoms with Crippen molar-refractivity contribution in [3.63, 3.8) is 0 Å². The zero-order valence-electron chi connectivity index (χ0n) is 11.3. The van der Waals surface area contributed by atoms with Crippen LogP contribution in [-0.2, 0) is 4.79 Å². The number of hydrogen-bond acceptors (Lipinski definition) is 5. The van der Waals surface area contributed by atoms with E-state index in [1.54, 1.807) is 18.3 Å². The molecule has 0 aliphatic rings. The molecular formula is C15H13N3OS2. The highest BCUT2D eigenvalue weighted by Gasteiger charge is 2.16. The van der Waals surface area contributed by atoms with Gasteiger partial charge in [0.25, 0.3) is 0 Å². The minimum Gasteiger partial charge on any atom is -0.369 e. The Balaban J connectivity index is 2.14. The molecule has 0 radical (unpaired) electrons. The first kappa shape index (κ1) is 14.0. The molecular weight excluding hydrogens is 302 g/mol. The van der Waals surface area contributed by atoms with E-state index in [0.717, 1.165) is 20.8 Å². The summed E-state index contributed by atoms with van der Waals surface area (Å²) in [7, 11) is 0. The average molecular weight is 315 g/mol. The first-order chi connectivity index (χ1) is 10.1. The molecule has 6 heteroatoms. The second-order valence-electron chi connectivity index (χ2n) is 4.51. The molecule has 0 aliphatic heterocycles. The normalized spacial score (nSPS) is 12.4. The van der Waals surface area contributed by atoms with Crippen LogP contribution < -0.4 is 5.73 Å². The number of rotatable bonds is 4. The first-order valence-electron chi connectivity index (χ1n) is 6.42. The van der Waals surface area contributed by atoms with E-state index in [0.29, 0.717) is 5.82 Å². The standard InChI is InChI=1S/C15H13N3OS2/c1-9(13(16)19)21-15-10-5-2-3-6-11(10)17-14(18-15)12-7-4-8-20-12/h2-9H,1H3,(H2,16,19). The number of hydrogen-bond donors (Lipinski definition) is 1. The molecule has 1 unspecified atom stereocenters. The van der Waals surface area contributed by atoms with Crippen LogP contribution in [0.2, 0.25) is 0 Å². The van der Waals surface area contributed by atoms with E-state index in [-0.39, 0.29) is 11.2 Å². The van der Waals surface area contributed by atoms with Gasteiger partial charge in [0.2, 0.25) is 5.91 Å². The second kappa shape index (κ2) is 5.83. The zero-order valence-corrected chi connectivity index (χ0v) is 12.9. The van der Waals surface area contributed by atoms with Gasteiger partial charge in [-0.05, 0) is 24.4 Å². The fourth-order valence-corrected chi connectivity index (χ4v) is 3.43. The quantitative estimate of drug-likeness (QED) is 0.592. The molecule has 4 nitrogen and oxygen atoms in total. The molecule has 0 fully saturated rings. The van der Waals surface area contributed by atoms with Crippen LogP contribution in [0.4, 0.5) is 0 Å². The molecule has 2 heterocycles. The van der Waals surface area contributed by atoms with Gasteiger partial charge in [0, 0.05) is 5.39 Å². The van der Waals surface area contributed by atoms with Crippen LogP contribution in [-0.4, -0.2) is 21.1 Å². The van der Waals surface area contributed by atoms with Crippen molar-refractivity contribution in [1.29, 1.82) is 0 Å². The maximum Gasteiger partial charge on any atom is 0.230 e. The monoisotopic (exact) mass is 315 g/mol. The Labute approximate surface area is 130 Å². The van der Waals surface area contributed by atoms with Crippen molar-refractivity contribution in [2.75, 3.05) is 0 Å². The SMILES string of the molecule is CC(Sc1nc(-c2cccs2)nc2ccccc12)C(N)=O. The molecule has 0 saturated carbocycles. The smallest absolute Gasteiger partial charge is 0.230 e. The lowest BCUT2D eigenvalue weighted by Gasteiger charge is -2.10. The predicted molar refractivity (Wildman–Crippen MR) is 87.4 cm³/mol. The Kier molecular flexibility index (Phi) is 3.90. The third-order valence-electron chi connectivity index (χ3n) is 3.00. The number of carbonyl (C=O) groups is 1. The Morgan fingerprint density at radius 2 is 2.05 bits per heavy atom. The number of primary amides is 1. The lowest BCUT2D eigenvalue weighted by atomic mass is 10.2. The summed E-state index contributed by atoms with van der Waals surface area (Å²) in [6, 6.07) is 11.8. The van der Waals surface area contributed by atoms with E-state index in [4.69, 9.17) is 5.73 Å². The van der Waals surface area contributed by atoms with Gasteiger partial charge in [-0.15, -0.1) is 11.3 Å². The predicted octanol–water partition coefficient (Wildman–Crippen LogP) is 3.32. The van der Waals surface area contributed by atoms with Crippen molar-refractivity contribution >= 4 is 39.9 Å². The number of carbonyl (C=O) groups excluding carboxylic acids is 1. The summed E-state index contributed by atoms with van der Waals surface area (Å²) >= 11 is 2.96. The van der Waals surface area contributed by atoms with Crippen molar-refractivity contribution in [3.8, 4) is 10.7 Å². The van der Waals surface area contributed by atoms with E-state index < -0.39 is 0 Å². The van der Waals surface area contributed by atoms with Crippen LogP contribution in [0.15, 0.2) is 46.8 Å². The van der Waals surface area contributed by atoms with Crippen LogP contribution in [0, 0.1) is 0 Å². The number of amides is 1. The first-order valence-corrected chi connectivity index (χ1v) is 8.17. The van der Waals surface area contributed by atoms with Crippen LogP contribution in [0.3, 0.4) is 0 Å². The van der Waals surface area contributed by atoms with Gasteiger partial charge in [0.1, 0.15) is 5.03 Å². The molecule has 1 amide bonds. The summed E-state index contributed by atoms with van der Waals surface area (Å²) in [6.45, 7) is 1.79. The van der Waals surface area contributed by atoms with E-state index in [1.165, 1.54) is 11.8 Å². The Morgan fingerprint density at radius 3 is 2.76 bits per heavy atom. The fourth-order valence-electron chi connectivity index (χ4n) is 1.88. The van der Waals surface area contributed by atoms with Gasteiger partial charge < -0.3 is 5.73 Å². The molecule has 0 aliphatic carbocycles. The maximum atomic E-state index is 11.3. The summed E-state index contributed by atoms with van der Waals surface area (Å²) in [5.41, 5.74) is 6.23. The Hall–Kier alpha value is -1.92. The van der Waals surface area contributed by atoms with E-state index in [2.05, 4.69) is 9.97 Å². The van der Waals surface area contributed by atoms with Gasteiger partial charge in [0.05, 0.1) is 15.6 Å². The minimum absolute atomic E-state index is 0.334. The summed E-state index contributed by atoms with van der Waals surface area (Å²) < 4.78 is 0. The van der Waals surface area contributed by atoms with Crippen molar-refractivity contribution < 1.29 is 4.79 Å². The Bertz CT molecular complexity index is 787. The van der Waals surface area contributed by atoms with E-state index >= 15 is 0 Å². The molecule has 0 saturated heterocycles. The van der Waals surface area contributed by atoms with Gasteiger partial charge in [-0.25, -0.2) is 9.97 Å². The minimum atomic E-state index is -0.347. The molecule has 106 valence electrons. The van der Waals surface area contributed by atoms with Gasteiger partial charge in [-0.2, -0.15) is 0 Å². The number of fused-ring (bicyclic) bond motifs is 1. The third kappa shape index (κ3) is 2.91. The molecule has 3 rings (SSSR count). The van der Waals surface area contributed by atoms with Crippen molar-refractivity contribution in [3.05, 3.63) is 41.8 Å². The van der Waals surface area contributed by atoms with Crippen LogP contribution in [0.1, 0.15) is 6.92 Å². The number of thioether (sulfide) groups is 1. The van der Waals surface area contributed by atoms with Gasteiger partial charge in [-0.3, -0.25) is 4.79 Å². The lowest BCUT2D eigenvalue weighted by Crippen LogP contribution is -2.22. The number of thiophene rings is 1. The van der Waals surface area contributed by atoms with Crippen LogP contribution in [0.5, 0.6) is 0 Å². The molecule has 2 N–H and O–H groups in total. The van der Waals surface area contributed by atoms with Crippen molar-refractivity contribution in [2.45, 2.75) is 17.2 Å². The highest BCUT2D eigenvalue weighted by molar-refractivity contribution is 8.00. The van der Waals surface area contributed by atoms with Crippen molar-refractivity contribution in [2.24, 2.45) is 5.73 Å². The molecule has 1 aromatic carbocycles. The highest BCUT2D eigenvalue weighted by atomic mass is 32.2. The van der Waals surface area contributed by atoms with Gasteiger partial charge in [-0.1, -0.05) is 36.0 Å². The van der Waals surface area contributed by atoms with E-state index in [9.17, 15) is 4.79 Å². The number of para-hydroxylation sites is 1. The molecule has 21 heavy (non-hydrogen) atoms. The molecule has 0 spiro atoms. The molecule has 0 bridgehead atoms. The molecule has 3 aromatic rings. The Morgan fingerprint density at radius 1 is 1.24 bits per heavy atom. The van der Waals surface area contributed by atoms with Crippen LogP contribution in [0.25, 0.3) is 21.6 Å². The van der Waals surface area contributed by atoms with Gasteiger partial charge >= 0.3 is 0 Å². The number of aromatic nitrogens is 2. The highest BCUT2D eigenvalue weighted by Crippen LogP contribution is 2.31. The second-order valence-corrected chi connectivity index (χ2v) is 6.79. The third-order valence-corrected chi connectivity index (χ3v) is 4.99. The fraction of sp³-hybridized carbons (Fsp3) is 0.133. The number of benzene rings is 1. The van der Waals surface area contributed by atoms with E-state index in [1.807, 2.05) is 41.8 Å². The van der Waals surface area contributed by atoms with Gasteiger partial charge in [0.15, 0.2) is 5.82 Å². The summed E-state index contributed by atoms with van der Waals surface area (Å²) in [4.78, 5) is 21.5. The number of nitrogens with two attached hydrogens (primary N) is 1. The largest absolute Gasteiger partial charge is 0.369 e. The topological polar surface area (TPSA) is 68.9 Å². The number of nitrogens with zero attached hydrogens (tertiary/aromatic N) is 2. The summed E-state index contributed by atoms with van der Waals surface area (Å²) in [5, 5.41) is 3.39. The molecule has 1 atom stereocenters. The average Bonchev–Trinajstić information content (AvgIpc) is 3.01. The van der Waals surface area contributed by atoms with Crippen molar-refractivity contribution in [1.82, 2.24) is 9.97 Å². The molecule has 2 aromatic heterocycles. The van der Waals surface area contributed by atoms with Crippen LogP contribution >= 0.6 is 23.1 Å². The summed E-state index contributed by atoms with van der Waals surface area (Å²) in [6.07, 6.45) is 0. The maximum absolute atomic E-state index is 11.3. The summed E-state index contributed by atoms with van der Waals surface area (Å²) in [5.74, 6) is 0.336.